The fourth-order valence-corrected chi connectivity index (χ4v) is 1.67. The van der Waals surface area contributed by atoms with Crippen LogP contribution < -0.4 is 5.32 Å². The Morgan fingerprint density at radius 2 is 2.11 bits per heavy atom. The van der Waals surface area contributed by atoms with Crippen molar-refractivity contribution >= 4 is 28.3 Å². The summed E-state index contributed by atoms with van der Waals surface area (Å²) in [6, 6.07) is -0.140. The summed E-state index contributed by atoms with van der Waals surface area (Å²) in [4.78, 5) is 3.84. The third kappa shape index (κ3) is 2.35. The molecule has 0 bridgehead atoms. The van der Waals surface area contributed by atoms with Gasteiger partial charge in [0.2, 0.25) is 0 Å². The van der Waals surface area contributed by atoms with Crippen LogP contribution in [0.5, 0.6) is 0 Å². The molecule has 0 radical (unpaired) electrons. The molecule has 0 spiro atoms. The number of aromatic nitrogens is 3. The first kappa shape index (κ1) is 12.9. The molecule has 1 atom stereocenters. The highest BCUT2D eigenvalue weighted by molar-refractivity contribution is 6.30. The summed E-state index contributed by atoms with van der Waals surface area (Å²) < 4.78 is 38.9. The molecule has 4 nitrogen and oxygen atoms in total. The number of nitrogens with one attached hydrogen (secondary N) is 1. The average Bonchev–Trinajstić information content (AvgIpc) is 2.54. The third-order valence-electron chi connectivity index (χ3n) is 2.55. The zero-order chi connectivity index (χ0) is 13.5. The molecule has 1 unspecified atom stereocenters. The molecule has 0 saturated heterocycles. The lowest BCUT2D eigenvalue weighted by Gasteiger charge is -2.16. The van der Waals surface area contributed by atoms with Crippen molar-refractivity contribution in [3.8, 4) is 0 Å². The molecule has 0 aliphatic heterocycles. The minimum Gasteiger partial charge on any atom is -0.357 e. The number of alkyl halides is 3. The maximum Gasteiger partial charge on any atom is 0.408 e. The normalized spacial score (nSPS) is 13.9. The fraction of sp³-hybridized carbons (Fsp3) is 0.400. The summed E-state index contributed by atoms with van der Waals surface area (Å²) in [5.74, 6) is 0.140. The molecular formula is C10H10ClF3N4. The summed E-state index contributed by atoms with van der Waals surface area (Å²) in [6.07, 6.45) is -2.93. The SMILES string of the molecule is CC(Nc1nn(C)c2cc(Cl)ncc12)C(F)(F)F. The Morgan fingerprint density at radius 1 is 1.44 bits per heavy atom. The van der Waals surface area contributed by atoms with Crippen LogP contribution in [0.25, 0.3) is 10.9 Å². The second-order valence-electron chi connectivity index (χ2n) is 3.90. The summed E-state index contributed by atoms with van der Waals surface area (Å²) in [7, 11) is 1.63. The smallest absolute Gasteiger partial charge is 0.357 e. The predicted molar refractivity (Wildman–Crippen MR) is 62.7 cm³/mol. The molecule has 0 aliphatic carbocycles. The number of pyridine rings is 1. The van der Waals surface area contributed by atoms with Gasteiger partial charge in [-0.05, 0) is 6.92 Å². The van der Waals surface area contributed by atoms with Crippen LogP contribution in [0.2, 0.25) is 5.15 Å². The lowest BCUT2D eigenvalue weighted by atomic mass is 10.3. The lowest BCUT2D eigenvalue weighted by Crippen LogP contribution is -2.33. The lowest BCUT2D eigenvalue weighted by molar-refractivity contribution is -0.138. The van der Waals surface area contributed by atoms with E-state index < -0.39 is 12.2 Å². The number of aryl methyl sites for hydroxylation is 1. The van der Waals surface area contributed by atoms with Crippen LogP contribution in [-0.2, 0) is 7.05 Å². The van der Waals surface area contributed by atoms with Crippen LogP contribution in [0.1, 0.15) is 6.92 Å². The van der Waals surface area contributed by atoms with Crippen LogP contribution in [0.15, 0.2) is 12.3 Å². The Bertz CT molecular complexity index is 578. The first-order valence-electron chi connectivity index (χ1n) is 5.10. The van der Waals surface area contributed by atoms with Crippen LogP contribution in [0, 0.1) is 0 Å². The van der Waals surface area contributed by atoms with Gasteiger partial charge in [0, 0.05) is 19.3 Å². The van der Waals surface area contributed by atoms with Crippen molar-refractivity contribution in [1.29, 1.82) is 0 Å². The van der Waals surface area contributed by atoms with Gasteiger partial charge in [0.25, 0.3) is 0 Å². The van der Waals surface area contributed by atoms with Gasteiger partial charge in [0.05, 0.1) is 10.9 Å². The van der Waals surface area contributed by atoms with Gasteiger partial charge >= 0.3 is 6.18 Å². The van der Waals surface area contributed by atoms with E-state index >= 15 is 0 Å². The van der Waals surface area contributed by atoms with Gasteiger partial charge in [-0.2, -0.15) is 18.3 Å². The van der Waals surface area contributed by atoms with Crippen molar-refractivity contribution in [2.24, 2.45) is 7.05 Å². The molecule has 2 rings (SSSR count). The van der Waals surface area contributed by atoms with E-state index in [0.29, 0.717) is 10.9 Å². The van der Waals surface area contributed by atoms with E-state index in [-0.39, 0.29) is 11.0 Å². The Morgan fingerprint density at radius 3 is 2.72 bits per heavy atom. The van der Waals surface area contributed by atoms with Crippen LogP contribution in [0.4, 0.5) is 19.0 Å². The highest BCUT2D eigenvalue weighted by Gasteiger charge is 2.36. The molecule has 1 N–H and O–H groups in total. The molecule has 0 saturated carbocycles. The fourth-order valence-electron chi connectivity index (χ4n) is 1.52. The van der Waals surface area contributed by atoms with Gasteiger partial charge in [0.15, 0.2) is 5.82 Å². The molecule has 0 amide bonds. The molecule has 2 heterocycles. The van der Waals surface area contributed by atoms with E-state index in [0.717, 1.165) is 6.92 Å². The van der Waals surface area contributed by atoms with E-state index in [9.17, 15) is 13.2 Å². The highest BCUT2D eigenvalue weighted by atomic mass is 35.5. The minimum atomic E-state index is -4.33. The molecule has 2 aromatic rings. The van der Waals surface area contributed by atoms with Crippen LogP contribution in [0.3, 0.4) is 0 Å². The zero-order valence-corrected chi connectivity index (χ0v) is 10.3. The summed E-state index contributed by atoms with van der Waals surface area (Å²) >= 11 is 5.73. The summed E-state index contributed by atoms with van der Waals surface area (Å²) in [5.41, 5.74) is 0.617. The summed E-state index contributed by atoms with van der Waals surface area (Å²) in [6.45, 7) is 1.03. The van der Waals surface area contributed by atoms with Crippen LogP contribution >= 0.6 is 11.6 Å². The van der Waals surface area contributed by atoms with Gasteiger partial charge in [-0.15, -0.1) is 0 Å². The minimum absolute atomic E-state index is 0.140. The van der Waals surface area contributed by atoms with Crippen molar-refractivity contribution in [3.05, 3.63) is 17.4 Å². The molecule has 0 aliphatic rings. The van der Waals surface area contributed by atoms with Gasteiger partial charge < -0.3 is 5.32 Å². The molecule has 98 valence electrons. The Hall–Kier alpha value is -1.50. The monoisotopic (exact) mass is 278 g/mol. The van der Waals surface area contributed by atoms with Gasteiger partial charge in [0.1, 0.15) is 11.2 Å². The zero-order valence-electron chi connectivity index (χ0n) is 9.59. The predicted octanol–water partition coefficient (Wildman–Crippen LogP) is 2.98. The standard InChI is InChI=1S/C10H10ClF3N4/c1-5(10(12,13)14)16-9-6-4-15-8(11)3-7(6)18(2)17-9/h3-5H,1-2H3,(H,16,17). The van der Waals surface area contributed by atoms with Crippen molar-refractivity contribution in [3.63, 3.8) is 0 Å². The number of nitrogens with zero attached hydrogens (tertiary/aromatic N) is 3. The number of hydrogen-bond acceptors (Lipinski definition) is 3. The second-order valence-corrected chi connectivity index (χ2v) is 4.29. The maximum atomic E-state index is 12.5. The number of rotatable bonds is 2. The third-order valence-corrected chi connectivity index (χ3v) is 2.75. The first-order chi connectivity index (χ1) is 8.29. The molecule has 8 heteroatoms. The molecule has 0 fully saturated rings. The van der Waals surface area contributed by atoms with Gasteiger partial charge in [-0.3, -0.25) is 4.68 Å². The second kappa shape index (κ2) is 4.31. The number of halogens is 4. The molecule has 18 heavy (non-hydrogen) atoms. The van der Waals surface area contributed by atoms with Crippen molar-refractivity contribution in [2.75, 3.05) is 5.32 Å². The van der Waals surface area contributed by atoms with Crippen molar-refractivity contribution in [2.45, 2.75) is 19.1 Å². The van der Waals surface area contributed by atoms with E-state index in [1.807, 2.05) is 0 Å². The van der Waals surface area contributed by atoms with E-state index in [1.54, 1.807) is 13.1 Å². The van der Waals surface area contributed by atoms with E-state index in [4.69, 9.17) is 11.6 Å². The maximum absolute atomic E-state index is 12.5. The Kier molecular flexibility index (Phi) is 3.10. The van der Waals surface area contributed by atoms with Crippen molar-refractivity contribution < 1.29 is 13.2 Å². The van der Waals surface area contributed by atoms with Crippen molar-refractivity contribution in [1.82, 2.24) is 14.8 Å². The van der Waals surface area contributed by atoms with Gasteiger partial charge in [-0.1, -0.05) is 11.6 Å². The molecule has 2 aromatic heterocycles. The Balaban J connectivity index is 2.41. The summed E-state index contributed by atoms with van der Waals surface area (Å²) in [5, 5.41) is 7.08. The molecular weight excluding hydrogens is 269 g/mol. The quantitative estimate of drug-likeness (QED) is 0.859. The van der Waals surface area contributed by atoms with E-state index in [2.05, 4.69) is 15.4 Å². The first-order valence-corrected chi connectivity index (χ1v) is 5.48. The van der Waals surface area contributed by atoms with Crippen LogP contribution in [-0.4, -0.2) is 27.0 Å². The average molecular weight is 279 g/mol. The van der Waals surface area contributed by atoms with E-state index in [1.165, 1.54) is 10.9 Å². The highest BCUT2D eigenvalue weighted by Crippen LogP contribution is 2.27. The molecule has 0 aromatic carbocycles. The number of fused-ring (bicyclic) bond motifs is 1. The Labute approximate surface area is 106 Å². The largest absolute Gasteiger partial charge is 0.408 e. The number of hydrogen-bond donors (Lipinski definition) is 1. The van der Waals surface area contributed by atoms with Gasteiger partial charge in [-0.25, -0.2) is 4.98 Å². The number of anilines is 1. The topological polar surface area (TPSA) is 42.7 Å².